The number of hydrogen-bond donors (Lipinski definition) is 1. The van der Waals surface area contributed by atoms with Crippen LogP contribution < -0.4 is 14.8 Å². The number of Topliss-reactive ketones (excluding diaryl/α,β-unsaturated/α-hetero) is 1. The number of benzene rings is 2. The molecule has 2 aromatic rings. The van der Waals surface area contributed by atoms with Gasteiger partial charge >= 0.3 is 0 Å². The fraction of sp³-hybridized carbons (Fsp3) is 0.200. The molecule has 0 atom stereocenters. The number of carbonyl (C=O) groups excluding carboxylic acids is 2. The van der Waals surface area contributed by atoms with Crippen molar-refractivity contribution in [1.82, 2.24) is 0 Å². The minimum Gasteiger partial charge on any atom is -0.493 e. The van der Waals surface area contributed by atoms with Crippen molar-refractivity contribution in [2.45, 2.75) is 13.8 Å². The van der Waals surface area contributed by atoms with E-state index in [-0.39, 0.29) is 11.7 Å². The van der Waals surface area contributed by atoms with Crippen LogP contribution in [0.2, 0.25) is 5.02 Å². The summed E-state index contributed by atoms with van der Waals surface area (Å²) < 4.78 is 10.7. The first kappa shape index (κ1) is 19.5. The van der Waals surface area contributed by atoms with Crippen LogP contribution in [0.15, 0.2) is 42.5 Å². The molecule has 0 heterocycles. The summed E-state index contributed by atoms with van der Waals surface area (Å²) in [6.45, 7) is 3.80. The second-order valence-corrected chi connectivity index (χ2v) is 5.83. The topological polar surface area (TPSA) is 64.6 Å². The Morgan fingerprint density at radius 2 is 2.00 bits per heavy atom. The zero-order chi connectivity index (χ0) is 19.1. The monoisotopic (exact) mass is 373 g/mol. The lowest BCUT2D eigenvalue weighted by molar-refractivity contribution is -0.111. The van der Waals surface area contributed by atoms with E-state index in [0.29, 0.717) is 39.9 Å². The van der Waals surface area contributed by atoms with Gasteiger partial charge in [0.2, 0.25) is 5.91 Å². The summed E-state index contributed by atoms with van der Waals surface area (Å²) in [6, 6.07) is 10.2. The van der Waals surface area contributed by atoms with Crippen molar-refractivity contribution in [3.8, 4) is 11.5 Å². The Balaban J connectivity index is 2.14. The summed E-state index contributed by atoms with van der Waals surface area (Å²) in [5.74, 6) is 0.579. The lowest BCUT2D eigenvalue weighted by atomic mass is 10.1. The summed E-state index contributed by atoms with van der Waals surface area (Å²) in [5.41, 5.74) is 1.78. The van der Waals surface area contributed by atoms with Crippen molar-refractivity contribution in [1.29, 1.82) is 0 Å². The van der Waals surface area contributed by atoms with Crippen molar-refractivity contribution < 1.29 is 19.1 Å². The predicted molar refractivity (Wildman–Crippen MR) is 103 cm³/mol. The first-order valence-electron chi connectivity index (χ1n) is 8.05. The maximum atomic E-state index is 12.1. The highest BCUT2D eigenvalue weighted by molar-refractivity contribution is 6.32. The van der Waals surface area contributed by atoms with E-state index >= 15 is 0 Å². The number of halogens is 1. The van der Waals surface area contributed by atoms with E-state index in [1.165, 1.54) is 20.1 Å². The van der Waals surface area contributed by atoms with Crippen LogP contribution in [0.1, 0.15) is 29.8 Å². The van der Waals surface area contributed by atoms with Gasteiger partial charge in [0.25, 0.3) is 0 Å². The zero-order valence-corrected chi connectivity index (χ0v) is 15.6. The van der Waals surface area contributed by atoms with Crippen molar-refractivity contribution in [2.24, 2.45) is 0 Å². The number of rotatable bonds is 7. The van der Waals surface area contributed by atoms with E-state index in [1.807, 2.05) is 6.92 Å². The number of methoxy groups -OCH3 is 1. The molecule has 0 saturated heterocycles. The van der Waals surface area contributed by atoms with Crippen LogP contribution in [0.4, 0.5) is 5.69 Å². The quantitative estimate of drug-likeness (QED) is 0.569. The van der Waals surface area contributed by atoms with Gasteiger partial charge in [-0.05, 0) is 49.8 Å². The number of ketones is 1. The first-order valence-corrected chi connectivity index (χ1v) is 8.42. The summed E-state index contributed by atoms with van der Waals surface area (Å²) in [6.07, 6.45) is 3.00. The van der Waals surface area contributed by atoms with E-state index in [4.69, 9.17) is 21.1 Å². The number of nitrogens with one attached hydrogen (secondary N) is 1. The van der Waals surface area contributed by atoms with E-state index in [0.717, 1.165) is 0 Å². The Morgan fingerprint density at radius 3 is 2.65 bits per heavy atom. The average Bonchev–Trinajstić information content (AvgIpc) is 2.62. The van der Waals surface area contributed by atoms with Gasteiger partial charge in [0.15, 0.2) is 17.3 Å². The smallest absolute Gasteiger partial charge is 0.248 e. The molecule has 0 spiro atoms. The largest absolute Gasteiger partial charge is 0.493 e. The van der Waals surface area contributed by atoms with Gasteiger partial charge < -0.3 is 14.8 Å². The molecule has 0 radical (unpaired) electrons. The normalized spacial score (nSPS) is 10.6. The second-order valence-electron chi connectivity index (χ2n) is 5.43. The van der Waals surface area contributed by atoms with Gasteiger partial charge in [-0.15, -0.1) is 0 Å². The van der Waals surface area contributed by atoms with Crippen molar-refractivity contribution in [3.63, 3.8) is 0 Å². The van der Waals surface area contributed by atoms with Crippen molar-refractivity contribution in [3.05, 3.63) is 58.6 Å². The standard InChI is InChI=1S/C20H20ClNO4/c1-4-26-20-17(21)10-14(11-18(20)25-3)8-9-19(24)22-16-7-5-6-15(12-16)13(2)23/h5-12H,4H2,1-3H3,(H,22,24). The number of amides is 1. The molecule has 2 aromatic carbocycles. The van der Waals surface area contributed by atoms with Crippen LogP contribution in [0.5, 0.6) is 11.5 Å². The minimum atomic E-state index is -0.324. The van der Waals surface area contributed by atoms with Gasteiger partial charge in [-0.2, -0.15) is 0 Å². The van der Waals surface area contributed by atoms with Crippen LogP contribution in [-0.2, 0) is 4.79 Å². The molecule has 2 rings (SSSR count). The lowest BCUT2D eigenvalue weighted by Gasteiger charge is -2.11. The third-order valence-corrected chi connectivity index (χ3v) is 3.78. The molecular formula is C20H20ClNO4. The summed E-state index contributed by atoms with van der Waals surface area (Å²) >= 11 is 6.21. The van der Waals surface area contributed by atoms with Crippen LogP contribution in [-0.4, -0.2) is 25.4 Å². The third kappa shape index (κ3) is 5.10. The molecule has 136 valence electrons. The van der Waals surface area contributed by atoms with Crippen LogP contribution in [0.3, 0.4) is 0 Å². The average molecular weight is 374 g/mol. The highest BCUT2D eigenvalue weighted by atomic mass is 35.5. The molecular weight excluding hydrogens is 354 g/mol. The van der Waals surface area contributed by atoms with Crippen LogP contribution >= 0.6 is 11.6 Å². The van der Waals surface area contributed by atoms with E-state index in [1.54, 1.807) is 42.5 Å². The second kappa shape index (κ2) is 9.06. The molecule has 0 aliphatic heterocycles. The fourth-order valence-corrected chi connectivity index (χ4v) is 2.57. The Hall–Kier alpha value is -2.79. The maximum Gasteiger partial charge on any atom is 0.248 e. The highest BCUT2D eigenvalue weighted by Crippen LogP contribution is 2.36. The molecule has 1 amide bonds. The first-order chi connectivity index (χ1) is 12.4. The summed E-state index contributed by atoms with van der Waals surface area (Å²) in [7, 11) is 1.52. The van der Waals surface area contributed by atoms with E-state index in [2.05, 4.69) is 5.32 Å². The van der Waals surface area contributed by atoms with E-state index in [9.17, 15) is 9.59 Å². The number of ether oxygens (including phenoxy) is 2. The maximum absolute atomic E-state index is 12.1. The van der Waals surface area contributed by atoms with Gasteiger partial charge in [-0.25, -0.2) is 0 Å². The minimum absolute atomic E-state index is 0.0623. The predicted octanol–water partition coefficient (Wildman–Crippen LogP) is 4.60. The number of anilines is 1. The molecule has 5 nitrogen and oxygen atoms in total. The molecule has 6 heteroatoms. The Morgan fingerprint density at radius 1 is 1.23 bits per heavy atom. The van der Waals surface area contributed by atoms with Gasteiger partial charge in [0, 0.05) is 17.3 Å². The SMILES string of the molecule is CCOc1c(Cl)cc(C=CC(=O)Nc2cccc(C(C)=O)c2)cc1OC. The highest BCUT2D eigenvalue weighted by Gasteiger charge is 2.11. The molecule has 1 N–H and O–H groups in total. The van der Waals surface area contributed by atoms with E-state index < -0.39 is 0 Å². The molecule has 0 aliphatic carbocycles. The molecule has 0 aliphatic rings. The molecule has 0 bridgehead atoms. The molecule has 0 fully saturated rings. The van der Waals surface area contributed by atoms with Crippen LogP contribution in [0.25, 0.3) is 6.08 Å². The zero-order valence-electron chi connectivity index (χ0n) is 14.8. The van der Waals surface area contributed by atoms with Crippen molar-refractivity contribution >= 4 is 35.1 Å². The fourth-order valence-electron chi connectivity index (χ4n) is 2.29. The Labute approximate surface area is 157 Å². The molecule has 0 unspecified atom stereocenters. The lowest BCUT2D eigenvalue weighted by Crippen LogP contribution is -2.08. The molecule has 0 aromatic heterocycles. The van der Waals surface area contributed by atoms with Gasteiger partial charge in [0.05, 0.1) is 18.7 Å². The Kier molecular flexibility index (Phi) is 6.81. The van der Waals surface area contributed by atoms with Crippen molar-refractivity contribution in [2.75, 3.05) is 19.0 Å². The molecule has 0 saturated carbocycles. The van der Waals surface area contributed by atoms with Crippen LogP contribution in [0, 0.1) is 0 Å². The molecule has 26 heavy (non-hydrogen) atoms. The van der Waals surface area contributed by atoms with Gasteiger partial charge in [-0.3, -0.25) is 9.59 Å². The third-order valence-electron chi connectivity index (χ3n) is 3.50. The van der Waals surface area contributed by atoms with Gasteiger partial charge in [0.1, 0.15) is 0 Å². The number of carbonyl (C=O) groups is 2. The van der Waals surface area contributed by atoms with Gasteiger partial charge in [-0.1, -0.05) is 23.7 Å². The summed E-state index contributed by atoms with van der Waals surface area (Å²) in [5, 5.41) is 3.12. The summed E-state index contributed by atoms with van der Waals surface area (Å²) in [4.78, 5) is 23.5. The Bertz CT molecular complexity index is 846. The number of hydrogen-bond acceptors (Lipinski definition) is 4.